The summed E-state index contributed by atoms with van der Waals surface area (Å²) in [5.41, 5.74) is 0.861. The van der Waals surface area contributed by atoms with Gasteiger partial charge in [-0.1, -0.05) is 35.3 Å². The van der Waals surface area contributed by atoms with Crippen LogP contribution in [0.25, 0.3) is 10.4 Å². The third kappa shape index (κ3) is 3.67. The summed E-state index contributed by atoms with van der Waals surface area (Å²) in [7, 11) is 0. The van der Waals surface area contributed by atoms with Crippen molar-refractivity contribution in [3.63, 3.8) is 0 Å². The predicted molar refractivity (Wildman–Crippen MR) is 92.8 cm³/mol. The fraction of sp³-hybridized carbons (Fsp3) is 0. The van der Waals surface area contributed by atoms with Crippen LogP contribution in [0.3, 0.4) is 0 Å². The third-order valence-electron chi connectivity index (χ3n) is 3.05. The van der Waals surface area contributed by atoms with Crippen LogP contribution >= 0.6 is 34.5 Å². The van der Waals surface area contributed by atoms with E-state index in [0.717, 1.165) is 21.8 Å². The molecule has 6 heteroatoms. The number of rotatable bonds is 3. The fourth-order valence-corrected chi connectivity index (χ4v) is 3.12. The second kappa shape index (κ2) is 6.62. The van der Waals surface area contributed by atoms with Crippen LogP contribution in [0.15, 0.2) is 54.6 Å². The summed E-state index contributed by atoms with van der Waals surface area (Å²) in [6.07, 6.45) is 0. The van der Waals surface area contributed by atoms with Gasteiger partial charge in [0.05, 0.1) is 0 Å². The normalized spacial score (nSPS) is 10.5. The SMILES string of the molecule is O=C(Oc1ccc(Cl)cc1)c1sc(-c2ccc(Cl)cc2)cc1O. The Bertz CT molecular complexity index is 839. The van der Waals surface area contributed by atoms with Gasteiger partial charge < -0.3 is 9.84 Å². The van der Waals surface area contributed by atoms with E-state index in [1.165, 1.54) is 6.07 Å². The van der Waals surface area contributed by atoms with E-state index < -0.39 is 5.97 Å². The van der Waals surface area contributed by atoms with Crippen molar-refractivity contribution >= 4 is 40.5 Å². The summed E-state index contributed by atoms with van der Waals surface area (Å²) in [6.45, 7) is 0. The minimum Gasteiger partial charge on any atom is -0.506 e. The number of ether oxygens (including phenoxy) is 1. The average Bonchev–Trinajstić information content (AvgIpc) is 2.92. The van der Waals surface area contributed by atoms with E-state index in [-0.39, 0.29) is 10.6 Å². The van der Waals surface area contributed by atoms with Crippen molar-refractivity contribution in [3.05, 3.63) is 69.5 Å². The molecule has 0 radical (unpaired) electrons. The molecule has 0 saturated carbocycles. The van der Waals surface area contributed by atoms with Crippen LogP contribution in [0.2, 0.25) is 10.0 Å². The van der Waals surface area contributed by atoms with Gasteiger partial charge in [-0.15, -0.1) is 11.3 Å². The van der Waals surface area contributed by atoms with Gasteiger partial charge in [-0.2, -0.15) is 0 Å². The van der Waals surface area contributed by atoms with Gasteiger partial charge in [0.2, 0.25) is 0 Å². The largest absolute Gasteiger partial charge is 0.506 e. The number of carbonyl (C=O) groups excluding carboxylic acids is 1. The van der Waals surface area contributed by atoms with Crippen molar-refractivity contribution in [1.82, 2.24) is 0 Å². The predicted octanol–water partition coefficient (Wildman–Crippen LogP) is 5.65. The van der Waals surface area contributed by atoms with Crippen LogP contribution in [0.1, 0.15) is 9.67 Å². The first-order valence-electron chi connectivity index (χ1n) is 6.59. The number of hydrogen-bond acceptors (Lipinski definition) is 4. The van der Waals surface area contributed by atoms with Crippen LogP contribution in [-0.4, -0.2) is 11.1 Å². The molecule has 3 aromatic rings. The number of hydrogen-bond donors (Lipinski definition) is 1. The van der Waals surface area contributed by atoms with Crippen LogP contribution in [0.5, 0.6) is 11.5 Å². The molecule has 1 aromatic heterocycles. The monoisotopic (exact) mass is 364 g/mol. The Morgan fingerprint density at radius 3 is 2.13 bits per heavy atom. The molecule has 116 valence electrons. The van der Waals surface area contributed by atoms with Crippen molar-refractivity contribution < 1.29 is 14.6 Å². The smallest absolute Gasteiger partial charge is 0.357 e. The number of carbonyl (C=O) groups is 1. The zero-order chi connectivity index (χ0) is 16.4. The number of halogens is 2. The highest BCUT2D eigenvalue weighted by molar-refractivity contribution is 7.17. The minimum absolute atomic E-state index is 0.112. The van der Waals surface area contributed by atoms with E-state index in [1.54, 1.807) is 36.4 Å². The van der Waals surface area contributed by atoms with E-state index in [2.05, 4.69) is 0 Å². The molecule has 0 amide bonds. The van der Waals surface area contributed by atoms with Crippen molar-refractivity contribution in [2.75, 3.05) is 0 Å². The molecular formula is C17H10Cl2O3S. The molecular weight excluding hydrogens is 355 g/mol. The Morgan fingerprint density at radius 1 is 0.957 bits per heavy atom. The first-order chi connectivity index (χ1) is 11.0. The maximum absolute atomic E-state index is 12.2. The molecule has 0 spiro atoms. The van der Waals surface area contributed by atoms with E-state index >= 15 is 0 Å². The number of esters is 1. The van der Waals surface area contributed by atoms with E-state index in [9.17, 15) is 9.90 Å². The first-order valence-corrected chi connectivity index (χ1v) is 8.16. The van der Waals surface area contributed by atoms with Gasteiger partial charge in [-0.05, 0) is 48.0 Å². The van der Waals surface area contributed by atoms with Gasteiger partial charge in [0.1, 0.15) is 11.5 Å². The maximum Gasteiger partial charge on any atom is 0.357 e. The van der Waals surface area contributed by atoms with Gasteiger partial charge in [0, 0.05) is 14.9 Å². The summed E-state index contributed by atoms with van der Waals surface area (Å²) in [6, 6.07) is 15.1. The number of benzene rings is 2. The lowest BCUT2D eigenvalue weighted by molar-refractivity contribution is 0.0737. The van der Waals surface area contributed by atoms with Gasteiger partial charge in [-0.25, -0.2) is 4.79 Å². The van der Waals surface area contributed by atoms with Gasteiger partial charge in [0.25, 0.3) is 0 Å². The third-order valence-corrected chi connectivity index (χ3v) is 4.71. The van der Waals surface area contributed by atoms with Crippen LogP contribution < -0.4 is 4.74 Å². The highest BCUT2D eigenvalue weighted by atomic mass is 35.5. The Hall–Kier alpha value is -2.01. The Labute approximate surface area is 146 Å². The summed E-state index contributed by atoms with van der Waals surface area (Å²) < 4.78 is 5.24. The molecule has 0 aliphatic heterocycles. The molecule has 1 heterocycles. The molecule has 0 bridgehead atoms. The summed E-state index contributed by atoms with van der Waals surface area (Å²) in [4.78, 5) is 13.1. The summed E-state index contributed by atoms with van der Waals surface area (Å²) >= 11 is 12.8. The zero-order valence-corrected chi connectivity index (χ0v) is 14.0. The quantitative estimate of drug-likeness (QED) is 0.482. The molecule has 0 fully saturated rings. The zero-order valence-electron chi connectivity index (χ0n) is 11.6. The number of thiophene rings is 1. The van der Waals surface area contributed by atoms with Gasteiger partial charge in [0.15, 0.2) is 4.88 Å². The highest BCUT2D eigenvalue weighted by Gasteiger charge is 2.19. The average molecular weight is 365 g/mol. The minimum atomic E-state index is -0.616. The van der Waals surface area contributed by atoms with Crippen molar-refractivity contribution in [2.24, 2.45) is 0 Å². The van der Waals surface area contributed by atoms with Gasteiger partial charge in [-0.3, -0.25) is 0 Å². The first kappa shape index (κ1) is 15.9. The molecule has 2 aromatic carbocycles. The van der Waals surface area contributed by atoms with Crippen LogP contribution in [0.4, 0.5) is 0 Å². The van der Waals surface area contributed by atoms with Crippen molar-refractivity contribution in [3.8, 4) is 21.9 Å². The molecule has 0 atom stereocenters. The fourth-order valence-electron chi connectivity index (χ4n) is 1.94. The lowest BCUT2D eigenvalue weighted by Gasteiger charge is -2.02. The topological polar surface area (TPSA) is 46.5 Å². The van der Waals surface area contributed by atoms with Crippen molar-refractivity contribution in [2.45, 2.75) is 0 Å². The van der Waals surface area contributed by atoms with Crippen molar-refractivity contribution in [1.29, 1.82) is 0 Å². The van der Waals surface area contributed by atoms with E-state index in [0.29, 0.717) is 15.8 Å². The lowest BCUT2D eigenvalue weighted by atomic mass is 10.2. The van der Waals surface area contributed by atoms with Crippen LogP contribution in [0, 0.1) is 0 Å². The Morgan fingerprint density at radius 2 is 1.52 bits per heavy atom. The molecule has 23 heavy (non-hydrogen) atoms. The van der Waals surface area contributed by atoms with E-state index in [1.807, 2.05) is 12.1 Å². The molecule has 1 N–H and O–H groups in total. The molecule has 0 saturated heterocycles. The van der Waals surface area contributed by atoms with E-state index in [4.69, 9.17) is 27.9 Å². The molecule has 0 aliphatic carbocycles. The molecule has 3 rings (SSSR count). The number of aromatic hydroxyl groups is 1. The molecule has 0 unspecified atom stereocenters. The standard InChI is InChI=1S/C17H10Cl2O3S/c18-11-3-1-10(2-4-11)15-9-14(20)16(23-15)17(21)22-13-7-5-12(19)6-8-13/h1-9,20H. The maximum atomic E-state index is 12.2. The second-order valence-electron chi connectivity index (χ2n) is 4.68. The Balaban J connectivity index is 1.84. The highest BCUT2D eigenvalue weighted by Crippen LogP contribution is 2.36. The summed E-state index contributed by atoms with van der Waals surface area (Å²) in [5.74, 6) is -0.366. The van der Waals surface area contributed by atoms with Crippen LogP contribution in [-0.2, 0) is 0 Å². The lowest BCUT2D eigenvalue weighted by Crippen LogP contribution is -2.06. The Kier molecular flexibility index (Phi) is 4.57. The van der Waals surface area contributed by atoms with Gasteiger partial charge >= 0.3 is 5.97 Å². The molecule has 0 aliphatic rings. The second-order valence-corrected chi connectivity index (χ2v) is 6.60. The molecule has 3 nitrogen and oxygen atoms in total. The summed E-state index contributed by atoms with van der Waals surface area (Å²) in [5, 5.41) is 11.2.